The van der Waals surface area contributed by atoms with E-state index in [1.807, 2.05) is 31.2 Å². The Labute approximate surface area is 147 Å². The van der Waals surface area contributed by atoms with Crippen LogP contribution in [0.15, 0.2) is 65.8 Å². The van der Waals surface area contributed by atoms with Crippen molar-refractivity contribution in [1.82, 2.24) is 9.78 Å². The number of aromatic nitrogens is 2. The summed E-state index contributed by atoms with van der Waals surface area (Å²) < 4.78 is 34.2. The van der Waals surface area contributed by atoms with Crippen LogP contribution in [0, 0.1) is 6.92 Å². The van der Waals surface area contributed by atoms with Crippen molar-refractivity contribution < 1.29 is 13.2 Å². The van der Waals surface area contributed by atoms with Gasteiger partial charge >= 0.3 is 0 Å². The summed E-state index contributed by atoms with van der Waals surface area (Å²) in [5, 5.41) is 4.23. The van der Waals surface area contributed by atoms with Crippen molar-refractivity contribution in [1.29, 1.82) is 0 Å². The number of aryl methyl sites for hydroxylation is 1. The first-order chi connectivity index (χ1) is 12.0. The number of nitrogens with one attached hydrogen (secondary N) is 1. The van der Waals surface area contributed by atoms with E-state index in [4.69, 9.17) is 4.74 Å². The molecule has 0 aliphatic rings. The van der Waals surface area contributed by atoms with Crippen molar-refractivity contribution in [3.8, 4) is 5.75 Å². The second kappa shape index (κ2) is 6.98. The summed E-state index contributed by atoms with van der Waals surface area (Å²) in [4.78, 5) is 0.167. The van der Waals surface area contributed by atoms with Crippen molar-refractivity contribution in [2.75, 3.05) is 11.8 Å². The van der Waals surface area contributed by atoms with Gasteiger partial charge in [-0.15, -0.1) is 0 Å². The summed E-state index contributed by atoms with van der Waals surface area (Å²) in [5.41, 5.74) is 2.72. The summed E-state index contributed by atoms with van der Waals surface area (Å²) in [6, 6.07) is 14.2. The van der Waals surface area contributed by atoms with Gasteiger partial charge in [-0.2, -0.15) is 5.10 Å². The maximum Gasteiger partial charge on any atom is 0.261 e. The minimum absolute atomic E-state index is 0.167. The molecule has 0 fully saturated rings. The minimum Gasteiger partial charge on any atom is -0.497 e. The lowest BCUT2D eigenvalue weighted by molar-refractivity contribution is 0.414. The van der Waals surface area contributed by atoms with E-state index >= 15 is 0 Å². The van der Waals surface area contributed by atoms with Gasteiger partial charge in [0.1, 0.15) is 5.75 Å². The average Bonchev–Trinajstić information content (AvgIpc) is 3.03. The first kappa shape index (κ1) is 17.0. The molecule has 130 valence electrons. The Morgan fingerprint density at radius 1 is 1.12 bits per heavy atom. The maximum absolute atomic E-state index is 12.4. The molecule has 0 bridgehead atoms. The Morgan fingerprint density at radius 3 is 2.52 bits per heavy atom. The molecule has 1 N–H and O–H groups in total. The van der Waals surface area contributed by atoms with Gasteiger partial charge in [-0.05, 0) is 42.3 Å². The highest BCUT2D eigenvalue weighted by Crippen LogP contribution is 2.19. The smallest absolute Gasteiger partial charge is 0.261 e. The van der Waals surface area contributed by atoms with Gasteiger partial charge in [0.2, 0.25) is 0 Å². The molecule has 0 spiro atoms. The highest BCUT2D eigenvalue weighted by Gasteiger charge is 2.15. The highest BCUT2D eigenvalue weighted by molar-refractivity contribution is 7.92. The monoisotopic (exact) mass is 357 g/mol. The normalized spacial score (nSPS) is 11.3. The van der Waals surface area contributed by atoms with Crippen molar-refractivity contribution in [3.05, 3.63) is 72.1 Å². The summed E-state index contributed by atoms with van der Waals surface area (Å²) in [6.45, 7) is 2.61. The van der Waals surface area contributed by atoms with E-state index in [0.717, 1.165) is 5.56 Å². The first-order valence-corrected chi connectivity index (χ1v) is 9.20. The molecule has 0 saturated carbocycles. The van der Waals surface area contributed by atoms with Crippen LogP contribution >= 0.6 is 0 Å². The van der Waals surface area contributed by atoms with Gasteiger partial charge in [0.05, 0.1) is 30.4 Å². The fourth-order valence-electron chi connectivity index (χ4n) is 2.43. The van der Waals surface area contributed by atoms with Crippen LogP contribution in [0.5, 0.6) is 5.75 Å². The number of hydrogen-bond donors (Lipinski definition) is 1. The summed E-state index contributed by atoms with van der Waals surface area (Å²) >= 11 is 0. The molecule has 0 unspecified atom stereocenters. The Hall–Kier alpha value is -2.80. The lowest BCUT2D eigenvalue weighted by atomic mass is 10.1. The van der Waals surface area contributed by atoms with Crippen LogP contribution in [0.3, 0.4) is 0 Å². The Bertz CT molecular complexity index is 963. The molecule has 0 amide bonds. The molecule has 6 nitrogen and oxygen atoms in total. The van der Waals surface area contributed by atoms with Gasteiger partial charge in [-0.1, -0.05) is 24.3 Å². The van der Waals surface area contributed by atoms with Crippen molar-refractivity contribution >= 4 is 15.7 Å². The largest absolute Gasteiger partial charge is 0.497 e. The molecule has 7 heteroatoms. The molecule has 0 atom stereocenters. The van der Waals surface area contributed by atoms with Gasteiger partial charge in [0.15, 0.2) is 0 Å². The van der Waals surface area contributed by atoms with Gasteiger partial charge in [0, 0.05) is 6.20 Å². The molecule has 1 aromatic heterocycles. The molecule has 0 saturated heterocycles. The lowest BCUT2D eigenvalue weighted by Gasteiger charge is -2.07. The minimum atomic E-state index is -3.66. The summed E-state index contributed by atoms with van der Waals surface area (Å²) in [7, 11) is -2.13. The number of methoxy groups -OCH3 is 1. The van der Waals surface area contributed by atoms with E-state index in [1.54, 1.807) is 23.0 Å². The zero-order chi connectivity index (χ0) is 17.9. The zero-order valence-electron chi connectivity index (χ0n) is 14.0. The summed E-state index contributed by atoms with van der Waals surface area (Å²) in [5.74, 6) is 0.602. The number of rotatable bonds is 6. The zero-order valence-corrected chi connectivity index (χ0v) is 14.8. The van der Waals surface area contributed by atoms with Crippen LogP contribution in [-0.4, -0.2) is 25.3 Å². The molecular formula is C18H19N3O3S. The third-order valence-corrected chi connectivity index (χ3v) is 5.25. The van der Waals surface area contributed by atoms with E-state index in [0.29, 0.717) is 18.0 Å². The Morgan fingerprint density at radius 2 is 1.84 bits per heavy atom. The van der Waals surface area contributed by atoms with E-state index in [1.165, 1.54) is 31.0 Å². The summed E-state index contributed by atoms with van der Waals surface area (Å²) in [6.07, 6.45) is 3.17. The molecule has 25 heavy (non-hydrogen) atoms. The Kier molecular flexibility index (Phi) is 4.76. The van der Waals surface area contributed by atoms with Gasteiger partial charge in [-0.25, -0.2) is 8.42 Å². The third-order valence-electron chi connectivity index (χ3n) is 3.85. The quantitative estimate of drug-likeness (QED) is 0.736. The van der Waals surface area contributed by atoms with Gasteiger partial charge in [-0.3, -0.25) is 9.40 Å². The second-order valence-corrected chi connectivity index (χ2v) is 7.32. The van der Waals surface area contributed by atoms with E-state index in [-0.39, 0.29) is 4.90 Å². The van der Waals surface area contributed by atoms with Gasteiger partial charge in [0.25, 0.3) is 10.0 Å². The van der Waals surface area contributed by atoms with E-state index in [9.17, 15) is 8.42 Å². The molecular weight excluding hydrogens is 338 g/mol. The molecule has 3 aromatic rings. The predicted octanol–water partition coefficient (Wildman–Crippen LogP) is 3.05. The van der Waals surface area contributed by atoms with Crippen molar-refractivity contribution in [3.63, 3.8) is 0 Å². The molecule has 0 aliphatic heterocycles. The topological polar surface area (TPSA) is 73.2 Å². The van der Waals surface area contributed by atoms with Crippen LogP contribution in [0.25, 0.3) is 0 Å². The maximum atomic E-state index is 12.4. The fourth-order valence-corrected chi connectivity index (χ4v) is 3.46. The molecule has 2 aromatic carbocycles. The molecule has 3 rings (SSSR count). The standard InChI is InChI=1S/C18H19N3O3S/c1-14-5-3-4-6-15(14)12-21-13-16(11-19-21)20-25(22,23)18-9-7-17(24-2)8-10-18/h3-11,13,20H,12H2,1-2H3. The predicted molar refractivity (Wildman–Crippen MR) is 96.3 cm³/mol. The number of hydrogen-bond acceptors (Lipinski definition) is 4. The van der Waals surface area contributed by atoms with Crippen LogP contribution in [0.1, 0.15) is 11.1 Å². The third kappa shape index (κ3) is 4.00. The number of ether oxygens (including phenoxy) is 1. The second-order valence-electron chi connectivity index (χ2n) is 5.63. The van der Waals surface area contributed by atoms with Crippen LogP contribution in [0.2, 0.25) is 0 Å². The molecule has 0 radical (unpaired) electrons. The number of nitrogens with zero attached hydrogens (tertiary/aromatic N) is 2. The Balaban J connectivity index is 1.75. The van der Waals surface area contributed by atoms with Crippen molar-refractivity contribution in [2.24, 2.45) is 0 Å². The highest BCUT2D eigenvalue weighted by atomic mass is 32.2. The molecule has 1 heterocycles. The van der Waals surface area contributed by atoms with Gasteiger partial charge < -0.3 is 4.74 Å². The average molecular weight is 357 g/mol. The number of sulfonamides is 1. The fraction of sp³-hybridized carbons (Fsp3) is 0.167. The van der Waals surface area contributed by atoms with Crippen LogP contribution in [0.4, 0.5) is 5.69 Å². The number of anilines is 1. The first-order valence-electron chi connectivity index (χ1n) is 7.72. The molecule has 0 aliphatic carbocycles. The van der Waals surface area contributed by atoms with Crippen LogP contribution in [-0.2, 0) is 16.6 Å². The SMILES string of the molecule is COc1ccc(S(=O)(=O)Nc2cnn(Cc3ccccc3C)c2)cc1. The van der Waals surface area contributed by atoms with E-state index in [2.05, 4.69) is 9.82 Å². The lowest BCUT2D eigenvalue weighted by Crippen LogP contribution is -2.12. The van der Waals surface area contributed by atoms with Crippen LogP contribution < -0.4 is 9.46 Å². The van der Waals surface area contributed by atoms with Crippen molar-refractivity contribution in [2.45, 2.75) is 18.4 Å². The van der Waals surface area contributed by atoms with E-state index < -0.39 is 10.0 Å². The number of benzene rings is 2.